The van der Waals surface area contributed by atoms with Crippen LogP contribution < -0.4 is 4.74 Å². The summed E-state index contributed by atoms with van der Waals surface area (Å²) in [5, 5.41) is 18.6. The van der Waals surface area contributed by atoms with Gasteiger partial charge in [-0.2, -0.15) is 0 Å². The predicted octanol–water partition coefficient (Wildman–Crippen LogP) is 4.76. The number of ether oxygens (including phenoxy) is 1. The topological polar surface area (TPSA) is 71.6 Å². The van der Waals surface area contributed by atoms with E-state index >= 15 is 0 Å². The molecule has 7 heteroatoms. The van der Waals surface area contributed by atoms with Crippen LogP contribution in [0.3, 0.4) is 0 Å². The van der Waals surface area contributed by atoms with Gasteiger partial charge in [0.1, 0.15) is 22.9 Å². The molecule has 3 aromatic rings. The highest BCUT2D eigenvalue weighted by Crippen LogP contribution is 2.39. The Morgan fingerprint density at radius 1 is 1.13 bits per heavy atom. The number of rotatable bonds is 7. The van der Waals surface area contributed by atoms with Crippen LogP contribution in [-0.2, 0) is 0 Å². The van der Waals surface area contributed by atoms with Gasteiger partial charge < -0.3 is 19.2 Å². The van der Waals surface area contributed by atoms with E-state index < -0.39 is 0 Å². The first kappa shape index (κ1) is 20.8. The molecular formula is C23H27N3O3S. The first-order valence-corrected chi connectivity index (χ1v) is 11.4. The second kappa shape index (κ2) is 9.53. The molecule has 0 amide bonds. The smallest absolute Gasteiger partial charge is 0.247 e. The normalized spacial score (nSPS) is 16.5. The number of phenols is 1. The van der Waals surface area contributed by atoms with Crippen LogP contribution in [0.5, 0.6) is 11.5 Å². The standard InChI is InChI=1S/C23H27N3O3S/c1-3-30-21(19-6-4-5-7-20(19)27)23-25-24-22(29-23)16-8-10-17(11-9-16)28-18-12-14-26(2)15-13-18/h4-11,18,21,27H,3,12-15H2,1-2H3. The summed E-state index contributed by atoms with van der Waals surface area (Å²) in [5.41, 5.74) is 1.63. The quantitative estimate of drug-likeness (QED) is 0.585. The largest absolute Gasteiger partial charge is 0.508 e. The fourth-order valence-electron chi connectivity index (χ4n) is 3.60. The van der Waals surface area contributed by atoms with Gasteiger partial charge in [0, 0.05) is 24.2 Å². The van der Waals surface area contributed by atoms with Crippen LogP contribution in [0.25, 0.3) is 11.5 Å². The molecule has 1 aromatic heterocycles. The van der Waals surface area contributed by atoms with Crippen molar-refractivity contribution >= 4 is 11.8 Å². The van der Waals surface area contributed by atoms with Crippen molar-refractivity contribution < 1.29 is 14.3 Å². The summed E-state index contributed by atoms with van der Waals surface area (Å²) in [7, 11) is 2.15. The van der Waals surface area contributed by atoms with Gasteiger partial charge in [-0.05, 0) is 56.0 Å². The molecule has 4 rings (SSSR count). The van der Waals surface area contributed by atoms with Crippen LogP contribution in [0.2, 0.25) is 0 Å². The number of likely N-dealkylation sites (tertiary alicyclic amines) is 1. The molecule has 0 bridgehead atoms. The number of aromatic nitrogens is 2. The second-order valence-corrected chi connectivity index (χ2v) is 8.87. The van der Waals surface area contributed by atoms with Gasteiger partial charge in [-0.3, -0.25) is 0 Å². The zero-order valence-corrected chi connectivity index (χ0v) is 18.1. The van der Waals surface area contributed by atoms with Crippen LogP contribution in [0.4, 0.5) is 0 Å². The van der Waals surface area contributed by atoms with Crippen molar-refractivity contribution in [2.75, 3.05) is 25.9 Å². The van der Waals surface area contributed by atoms with Gasteiger partial charge in [0.15, 0.2) is 0 Å². The third-order valence-electron chi connectivity index (χ3n) is 5.29. The molecule has 1 saturated heterocycles. The molecule has 1 N–H and O–H groups in total. The summed E-state index contributed by atoms with van der Waals surface area (Å²) in [5.74, 6) is 2.91. The van der Waals surface area contributed by atoms with Gasteiger partial charge in [-0.15, -0.1) is 22.0 Å². The van der Waals surface area contributed by atoms with Crippen LogP contribution in [0.15, 0.2) is 52.9 Å². The van der Waals surface area contributed by atoms with E-state index in [9.17, 15) is 5.11 Å². The van der Waals surface area contributed by atoms with E-state index in [0.717, 1.165) is 48.6 Å². The number of nitrogens with zero attached hydrogens (tertiary/aromatic N) is 3. The maximum Gasteiger partial charge on any atom is 0.247 e. The lowest BCUT2D eigenvalue weighted by molar-refractivity contribution is 0.114. The molecule has 30 heavy (non-hydrogen) atoms. The van der Waals surface area contributed by atoms with Gasteiger partial charge in [0.25, 0.3) is 0 Å². The molecule has 1 aliphatic heterocycles. The minimum atomic E-state index is -0.204. The van der Waals surface area contributed by atoms with Gasteiger partial charge in [0.2, 0.25) is 11.8 Å². The minimum absolute atomic E-state index is 0.204. The zero-order valence-electron chi connectivity index (χ0n) is 17.3. The van der Waals surface area contributed by atoms with Crippen molar-refractivity contribution in [1.82, 2.24) is 15.1 Å². The van der Waals surface area contributed by atoms with E-state index in [1.165, 1.54) is 0 Å². The summed E-state index contributed by atoms with van der Waals surface area (Å²) in [4.78, 5) is 2.33. The van der Waals surface area contributed by atoms with Crippen molar-refractivity contribution in [1.29, 1.82) is 0 Å². The van der Waals surface area contributed by atoms with Gasteiger partial charge in [0.05, 0.1) is 0 Å². The molecular weight excluding hydrogens is 398 g/mol. The van der Waals surface area contributed by atoms with Crippen molar-refractivity contribution in [2.24, 2.45) is 0 Å². The third-order valence-corrected chi connectivity index (χ3v) is 6.41. The molecule has 158 valence electrons. The van der Waals surface area contributed by atoms with Crippen LogP contribution in [0, 0.1) is 0 Å². The Labute approximate surface area is 181 Å². The Bertz CT molecular complexity index is 952. The first-order valence-electron chi connectivity index (χ1n) is 10.3. The number of phenolic OH excluding ortho intramolecular Hbond substituents is 1. The highest BCUT2D eigenvalue weighted by molar-refractivity contribution is 7.99. The van der Waals surface area contributed by atoms with E-state index in [4.69, 9.17) is 9.15 Å². The van der Waals surface area contributed by atoms with Gasteiger partial charge in [-0.1, -0.05) is 25.1 Å². The zero-order chi connectivity index (χ0) is 20.9. The van der Waals surface area contributed by atoms with Crippen molar-refractivity contribution in [2.45, 2.75) is 31.1 Å². The average molecular weight is 426 g/mol. The molecule has 0 spiro atoms. The Morgan fingerprint density at radius 2 is 1.87 bits per heavy atom. The second-order valence-electron chi connectivity index (χ2n) is 7.48. The molecule has 1 unspecified atom stereocenters. The van der Waals surface area contributed by atoms with Crippen molar-refractivity contribution in [3.8, 4) is 23.0 Å². The lowest BCUT2D eigenvalue weighted by Crippen LogP contribution is -2.35. The fourth-order valence-corrected chi connectivity index (χ4v) is 4.55. The molecule has 2 heterocycles. The molecule has 0 aliphatic carbocycles. The van der Waals surface area contributed by atoms with Gasteiger partial charge >= 0.3 is 0 Å². The molecule has 2 aromatic carbocycles. The monoisotopic (exact) mass is 425 g/mol. The first-order chi connectivity index (χ1) is 14.6. The Morgan fingerprint density at radius 3 is 2.57 bits per heavy atom. The number of piperidine rings is 1. The lowest BCUT2D eigenvalue weighted by atomic mass is 10.1. The molecule has 0 radical (unpaired) electrons. The summed E-state index contributed by atoms with van der Waals surface area (Å²) in [6.07, 6.45) is 2.37. The molecule has 0 saturated carbocycles. The summed E-state index contributed by atoms with van der Waals surface area (Å²) in [6, 6.07) is 15.1. The van der Waals surface area contributed by atoms with Crippen molar-refractivity contribution in [3.05, 3.63) is 60.0 Å². The number of hydrogen-bond donors (Lipinski definition) is 1. The maximum atomic E-state index is 10.3. The van der Waals surface area contributed by atoms with E-state index in [1.54, 1.807) is 23.9 Å². The molecule has 1 fully saturated rings. The minimum Gasteiger partial charge on any atom is -0.508 e. The highest BCUT2D eigenvalue weighted by atomic mass is 32.2. The summed E-state index contributed by atoms with van der Waals surface area (Å²) in [6.45, 7) is 4.21. The molecule has 6 nitrogen and oxygen atoms in total. The molecule has 1 aliphatic rings. The fraction of sp³-hybridized carbons (Fsp3) is 0.391. The third kappa shape index (κ3) is 4.79. The van der Waals surface area contributed by atoms with Gasteiger partial charge in [-0.25, -0.2) is 0 Å². The van der Waals surface area contributed by atoms with Crippen LogP contribution in [0.1, 0.15) is 36.5 Å². The average Bonchev–Trinajstić information content (AvgIpc) is 3.25. The number of hydrogen-bond acceptors (Lipinski definition) is 7. The number of thioether (sulfide) groups is 1. The van der Waals surface area contributed by atoms with E-state index in [1.807, 2.05) is 36.4 Å². The number of para-hydroxylation sites is 1. The summed E-state index contributed by atoms with van der Waals surface area (Å²) < 4.78 is 12.1. The van der Waals surface area contributed by atoms with Crippen LogP contribution in [-0.4, -0.2) is 52.2 Å². The lowest BCUT2D eigenvalue weighted by Gasteiger charge is -2.29. The Balaban J connectivity index is 1.48. The maximum absolute atomic E-state index is 10.3. The SMILES string of the molecule is CCSC(c1nnc(-c2ccc(OC3CCN(C)CC3)cc2)o1)c1ccccc1O. The Kier molecular flexibility index (Phi) is 6.59. The van der Waals surface area contributed by atoms with E-state index in [0.29, 0.717) is 11.8 Å². The Hall–Kier alpha value is -2.51. The summed E-state index contributed by atoms with van der Waals surface area (Å²) >= 11 is 1.65. The van der Waals surface area contributed by atoms with Crippen LogP contribution >= 0.6 is 11.8 Å². The van der Waals surface area contributed by atoms with E-state index in [-0.39, 0.29) is 17.1 Å². The number of benzene rings is 2. The highest BCUT2D eigenvalue weighted by Gasteiger charge is 2.24. The number of aromatic hydroxyl groups is 1. The predicted molar refractivity (Wildman–Crippen MR) is 119 cm³/mol. The van der Waals surface area contributed by atoms with Crippen molar-refractivity contribution in [3.63, 3.8) is 0 Å². The molecule has 1 atom stereocenters. The van der Waals surface area contributed by atoms with E-state index in [2.05, 4.69) is 29.1 Å².